The van der Waals surface area contributed by atoms with E-state index < -0.39 is 16.1 Å². The fourth-order valence-electron chi connectivity index (χ4n) is 2.27. The SMILES string of the molecule is COc1ccc(S(=O)(=O)N2CCC(O)C(C)C2)cc1Cl. The van der Waals surface area contributed by atoms with Crippen LogP contribution in [-0.2, 0) is 10.0 Å². The molecule has 1 saturated heterocycles. The zero-order chi connectivity index (χ0) is 14.9. The largest absolute Gasteiger partial charge is 0.495 e. The average Bonchev–Trinajstić information content (AvgIpc) is 2.41. The van der Waals surface area contributed by atoms with Gasteiger partial charge in [0.05, 0.1) is 23.1 Å². The van der Waals surface area contributed by atoms with Gasteiger partial charge in [0, 0.05) is 13.1 Å². The minimum atomic E-state index is -3.58. The maximum atomic E-state index is 12.5. The van der Waals surface area contributed by atoms with Gasteiger partial charge in [-0.2, -0.15) is 4.31 Å². The fraction of sp³-hybridized carbons (Fsp3) is 0.538. The molecule has 2 rings (SSSR count). The molecule has 0 saturated carbocycles. The van der Waals surface area contributed by atoms with E-state index in [1.54, 1.807) is 0 Å². The van der Waals surface area contributed by atoms with Crippen LogP contribution in [0.4, 0.5) is 0 Å². The summed E-state index contributed by atoms with van der Waals surface area (Å²) in [7, 11) is -2.11. The summed E-state index contributed by atoms with van der Waals surface area (Å²) in [6.45, 7) is 2.47. The Morgan fingerprint density at radius 1 is 1.45 bits per heavy atom. The maximum absolute atomic E-state index is 12.5. The number of sulfonamides is 1. The van der Waals surface area contributed by atoms with Gasteiger partial charge >= 0.3 is 0 Å². The van der Waals surface area contributed by atoms with Crippen molar-refractivity contribution < 1.29 is 18.3 Å². The summed E-state index contributed by atoms with van der Waals surface area (Å²) in [5, 5.41) is 9.95. The predicted octanol–water partition coefficient (Wildman–Crippen LogP) is 1.74. The molecule has 0 bridgehead atoms. The highest BCUT2D eigenvalue weighted by molar-refractivity contribution is 7.89. The highest BCUT2D eigenvalue weighted by Gasteiger charge is 2.32. The topological polar surface area (TPSA) is 66.8 Å². The second-order valence-electron chi connectivity index (χ2n) is 4.99. The van der Waals surface area contributed by atoms with Crippen LogP contribution in [0.1, 0.15) is 13.3 Å². The minimum absolute atomic E-state index is 0.0766. The molecule has 7 heteroatoms. The van der Waals surface area contributed by atoms with Crippen LogP contribution in [0.2, 0.25) is 5.02 Å². The number of hydrogen-bond donors (Lipinski definition) is 1. The van der Waals surface area contributed by atoms with E-state index in [2.05, 4.69) is 0 Å². The quantitative estimate of drug-likeness (QED) is 0.921. The summed E-state index contributed by atoms with van der Waals surface area (Å²) >= 11 is 5.98. The zero-order valence-corrected chi connectivity index (χ0v) is 13.0. The molecule has 0 spiro atoms. The Balaban J connectivity index is 2.29. The van der Waals surface area contributed by atoms with Crippen LogP contribution in [0, 0.1) is 5.92 Å². The Kier molecular flexibility index (Phi) is 4.59. The summed E-state index contributed by atoms with van der Waals surface area (Å²) in [5.41, 5.74) is 0. The molecule has 1 aromatic carbocycles. The first kappa shape index (κ1) is 15.6. The van der Waals surface area contributed by atoms with Gasteiger partial charge in [-0.1, -0.05) is 18.5 Å². The first-order chi connectivity index (χ1) is 9.36. The van der Waals surface area contributed by atoms with Crippen molar-refractivity contribution in [3.8, 4) is 5.75 Å². The summed E-state index contributed by atoms with van der Waals surface area (Å²) in [6, 6.07) is 4.42. The van der Waals surface area contributed by atoms with E-state index in [1.807, 2.05) is 6.92 Å². The van der Waals surface area contributed by atoms with E-state index in [-0.39, 0.29) is 15.8 Å². The van der Waals surface area contributed by atoms with Gasteiger partial charge in [-0.25, -0.2) is 8.42 Å². The lowest BCUT2D eigenvalue weighted by Crippen LogP contribution is -2.44. The third-order valence-electron chi connectivity index (χ3n) is 3.58. The molecular formula is C13H18ClNO4S. The lowest BCUT2D eigenvalue weighted by molar-refractivity contribution is 0.0628. The third-order valence-corrected chi connectivity index (χ3v) is 5.74. The Labute approximate surface area is 124 Å². The number of benzene rings is 1. The number of aliphatic hydroxyl groups is 1. The number of ether oxygens (including phenoxy) is 1. The second kappa shape index (κ2) is 5.89. The predicted molar refractivity (Wildman–Crippen MR) is 76.6 cm³/mol. The fourth-order valence-corrected chi connectivity index (χ4v) is 4.17. The van der Waals surface area contributed by atoms with E-state index in [4.69, 9.17) is 16.3 Å². The molecule has 1 N–H and O–H groups in total. The van der Waals surface area contributed by atoms with Crippen molar-refractivity contribution in [1.29, 1.82) is 0 Å². The second-order valence-corrected chi connectivity index (χ2v) is 7.34. The highest BCUT2D eigenvalue weighted by Crippen LogP contribution is 2.30. The third kappa shape index (κ3) is 2.93. The molecule has 2 atom stereocenters. The summed E-state index contributed by atoms with van der Waals surface area (Å²) in [6.07, 6.45) is 0.00509. The first-order valence-corrected chi connectivity index (χ1v) is 8.20. The lowest BCUT2D eigenvalue weighted by atomic mass is 9.99. The number of aliphatic hydroxyl groups excluding tert-OH is 1. The molecule has 0 radical (unpaired) electrons. The molecule has 1 fully saturated rings. The molecule has 20 heavy (non-hydrogen) atoms. The Hall–Kier alpha value is -0.820. The molecule has 5 nitrogen and oxygen atoms in total. The number of hydrogen-bond acceptors (Lipinski definition) is 4. The molecule has 1 aromatic rings. The monoisotopic (exact) mass is 319 g/mol. The number of nitrogens with zero attached hydrogens (tertiary/aromatic N) is 1. The van der Waals surface area contributed by atoms with Crippen molar-refractivity contribution in [2.75, 3.05) is 20.2 Å². The normalized spacial score (nSPS) is 24.6. The van der Waals surface area contributed by atoms with Crippen molar-refractivity contribution in [2.45, 2.75) is 24.3 Å². The summed E-state index contributed by atoms with van der Waals surface area (Å²) in [5.74, 6) is 0.361. The number of rotatable bonds is 3. The van der Waals surface area contributed by atoms with Crippen molar-refractivity contribution in [3.05, 3.63) is 23.2 Å². The van der Waals surface area contributed by atoms with Crippen molar-refractivity contribution in [2.24, 2.45) is 5.92 Å². The van der Waals surface area contributed by atoms with Crippen LogP contribution >= 0.6 is 11.6 Å². The van der Waals surface area contributed by atoms with Gasteiger partial charge in [-0.3, -0.25) is 0 Å². The Bertz CT molecular complexity index is 590. The van der Waals surface area contributed by atoms with Gasteiger partial charge < -0.3 is 9.84 Å². The molecular weight excluding hydrogens is 302 g/mol. The Morgan fingerprint density at radius 2 is 2.15 bits per heavy atom. The van der Waals surface area contributed by atoms with E-state index in [0.717, 1.165) is 0 Å². The van der Waals surface area contributed by atoms with Gasteiger partial charge in [-0.15, -0.1) is 0 Å². The molecule has 1 aliphatic heterocycles. The maximum Gasteiger partial charge on any atom is 0.243 e. The van der Waals surface area contributed by atoms with Crippen LogP contribution in [-0.4, -0.2) is 44.1 Å². The van der Waals surface area contributed by atoms with Gasteiger partial charge in [0.2, 0.25) is 10.0 Å². The minimum Gasteiger partial charge on any atom is -0.495 e. The van der Waals surface area contributed by atoms with E-state index in [0.29, 0.717) is 25.3 Å². The lowest BCUT2D eigenvalue weighted by Gasteiger charge is -2.33. The van der Waals surface area contributed by atoms with E-state index in [1.165, 1.54) is 29.6 Å². The van der Waals surface area contributed by atoms with Gasteiger partial charge in [-0.05, 0) is 30.5 Å². The Morgan fingerprint density at radius 3 is 2.70 bits per heavy atom. The van der Waals surface area contributed by atoms with Crippen molar-refractivity contribution >= 4 is 21.6 Å². The molecule has 0 aromatic heterocycles. The molecule has 1 heterocycles. The first-order valence-electron chi connectivity index (χ1n) is 6.38. The van der Waals surface area contributed by atoms with Gasteiger partial charge in [0.1, 0.15) is 5.75 Å². The van der Waals surface area contributed by atoms with Crippen LogP contribution in [0.5, 0.6) is 5.75 Å². The van der Waals surface area contributed by atoms with Crippen LogP contribution in [0.25, 0.3) is 0 Å². The molecule has 0 aliphatic carbocycles. The van der Waals surface area contributed by atoms with E-state index in [9.17, 15) is 13.5 Å². The van der Waals surface area contributed by atoms with Gasteiger partial charge in [0.15, 0.2) is 0 Å². The number of piperidine rings is 1. The van der Waals surface area contributed by atoms with Crippen molar-refractivity contribution in [3.63, 3.8) is 0 Å². The van der Waals surface area contributed by atoms with Crippen LogP contribution < -0.4 is 4.74 Å². The number of methoxy groups -OCH3 is 1. The van der Waals surface area contributed by atoms with Gasteiger partial charge in [0.25, 0.3) is 0 Å². The zero-order valence-electron chi connectivity index (χ0n) is 11.4. The van der Waals surface area contributed by atoms with Crippen molar-refractivity contribution in [1.82, 2.24) is 4.31 Å². The summed E-state index contributed by atoms with van der Waals surface area (Å²) in [4.78, 5) is 0.145. The molecule has 1 aliphatic rings. The van der Waals surface area contributed by atoms with E-state index >= 15 is 0 Å². The molecule has 2 unspecified atom stereocenters. The van der Waals surface area contributed by atoms with Crippen LogP contribution in [0.3, 0.4) is 0 Å². The smallest absolute Gasteiger partial charge is 0.243 e. The summed E-state index contributed by atoms with van der Waals surface area (Å²) < 4.78 is 31.5. The standard InChI is InChI=1S/C13H18ClNO4S/c1-9-8-15(6-5-12(9)16)20(17,18)10-3-4-13(19-2)11(14)7-10/h3-4,7,9,12,16H,5-6,8H2,1-2H3. The molecule has 0 amide bonds. The highest BCUT2D eigenvalue weighted by atomic mass is 35.5. The average molecular weight is 320 g/mol. The molecule has 112 valence electrons. The van der Waals surface area contributed by atoms with Crippen LogP contribution in [0.15, 0.2) is 23.1 Å². The number of halogens is 1.